The zero-order valence-corrected chi connectivity index (χ0v) is 9.21. The molecule has 0 atom stereocenters. The number of hydrogen-bond donors (Lipinski definition) is 2. The van der Waals surface area contributed by atoms with E-state index < -0.39 is 0 Å². The lowest BCUT2D eigenvalue weighted by Crippen LogP contribution is -2.23. The van der Waals surface area contributed by atoms with Crippen LogP contribution in [0.5, 0.6) is 0 Å². The van der Waals surface area contributed by atoms with Gasteiger partial charge in [0.2, 0.25) is 0 Å². The summed E-state index contributed by atoms with van der Waals surface area (Å²) in [5.41, 5.74) is 3.18. The van der Waals surface area contributed by atoms with Crippen molar-refractivity contribution in [3.63, 3.8) is 0 Å². The number of pyridine rings is 1. The van der Waals surface area contributed by atoms with Crippen LogP contribution in [0, 0.1) is 11.3 Å². The molecule has 1 aliphatic heterocycles. The van der Waals surface area contributed by atoms with Gasteiger partial charge in [0.25, 0.3) is 5.56 Å². The Kier molecular flexibility index (Phi) is 2.20. The fourth-order valence-electron chi connectivity index (χ4n) is 2.27. The maximum Gasteiger partial charge on any atom is 0.266 e. The molecule has 1 aromatic carbocycles. The Bertz CT molecular complexity index is 694. The topological polar surface area (TPSA) is 68.7 Å². The number of H-pyrrole nitrogens is 1. The van der Waals surface area contributed by atoms with Gasteiger partial charge < -0.3 is 10.3 Å². The molecule has 2 heterocycles. The van der Waals surface area contributed by atoms with Crippen LogP contribution >= 0.6 is 0 Å². The molecule has 0 radical (unpaired) electrons. The fraction of sp³-hybridized carbons (Fsp3) is 0.231. The Balaban J connectivity index is 2.31. The Labute approximate surface area is 97.9 Å². The van der Waals surface area contributed by atoms with Crippen molar-refractivity contribution >= 4 is 10.9 Å². The average Bonchev–Trinajstić information content (AvgIpc) is 2.35. The van der Waals surface area contributed by atoms with E-state index in [-0.39, 0.29) is 11.1 Å². The van der Waals surface area contributed by atoms with Crippen molar-refractivity contribution in [2.75, 3.05) is 6.54 Å². The van der Waals surface area contributed by atoms with Crippen LogP contribution in [0.25, 0.3) is 10.9 Å². The SMILES string of the molecule is N#Cc1cc2cc3c(cc2[nH]c1=O)CNCC3. The fourth-order valence-corrected chi connectivity index (χ4v) is 2.27. The number of nitrogens with one attached hydrogen (secondary N) is 2. The van der Waals surface area contributed by atoms with Crippen LogP contribution in [-0.2, 0) is 13.0 Å². The first-order valence-electron chi connectivity index (χ1n) is 5.57. The van der Waals surface area contributed by atoms with Gasteiger partial charge in [0.05, 0.1) is 0 Å². The molecule has 4 nitrogen and oxygen atoms in total. The van der Waals surface area contributed by atoms with Crippen molar-refractivity contribution in [2.45, 2.75) is 13.0 Å². The Morgan fingerprint density at radius 2 is 2.12 bits per heavy atom. The van der Waals surface area contributed by atoms with Gasteiger partial charge in [-0.05, 0) is 47.7 Å². The van der Waals surface area contributed by atoms with Crippen LogP contribution in [0.15, 0.2) is 23.0 Å². The van der Waals surface area contributed by atoms with Crippen molar-refractivity contribution in [1.82, 2.24) is 10.3 Å². The van der Waals surface area contributed by atoms with E-state index in [4.69, 9.17) is 5.26 Å². The van der Waals surface area contributed by atoms with Gasteiger partial charge in [-0.15, -0.1) is 0 Å². The maximum atomic E-state index is 11.5. The molecule has 0 aliphatic carbocycles. The lowest BCUT2D eigenvalue weighted by atomic mass is 9.98. The van der Waals surface area contributed by atoms with Crippen LogP contribution in [-0.4, -0.2) is 11.5 Å². The van der Waals surface area contributed by atoms with E-state index in [1.54, 1.807) is 6.07 Å². The van der Waals surface area contributed by atoms with E-state index in [1.807, 2.05) is 12.1 Å². The monoisotopic (exact) mass is 225 g/mol. The van der Waals surface area contributed by atoms with Gasteiger partial charge in [0, 0.05) is 12.1 Å². The maximum absolute atomic E-state index is 11.5. The third-order valence-electron chi connectivity index (χ3n) is 3.17. The number of aromatic amines is 1. The number of benzene rings is 1. The first-order valence-corrected chi connectivity index (χ1v) is 5.57. The van der Waals surface area contributed by atoms with Crippen molar-refractivity contribution in [3.05, 3.63) is 45.2 Å². The summed E-state index contributed by atoms with van der Waals surface area (Å²) in [6.45, 7) is 1.82. The van der Waals surface area contributed by atoms with Crippen LogP contribution in [0.4, 0.5) is 0 Å². The molecule has 0 saturated heterocycles. The van der Waals surface area contributed by atoms with E-state index in [2.05, 4.69) is 16.4 Å². The van der Waals surface area contributed by atoms with Gasteiger partial charge in [-0.25, -0.2) is 0 Å². The number of nitrogens with zero attached hydrogens (tertiary/aromatic N) is 1. The summed E-state index contributed by atoms with van der Waals surface area (Å²) >= 11 is 0. The number of rotatable bonds is 0. The molecule has 4 heteroatoms. The van der Waals surface area contributed by atoms with Gasteiger partial charge >= 0.3 is 0 Å². The minimum atomic E-state index is -0.316. The smallest absolute Gasteiger partial charge is 0.266 e. The molecule has 1 aromatic heterocycles. The summed E-state index contributed by atoms with van der Waals surface area (Å²) in [5.74, 6) is 0. The van der Waals surface area contributed by atoms with E-state index in [0.717, 1.165) is 30.4 Å². The molecule has 1 aliphatic rings. The second-order valence-corrected chi connectivity index (χ2v) is 4.26. The van der Waals surface area contributed by atoms with Crippen molar-refractivity contribution < 1.29 is 0 Å². The van der Waals surface area contributed by atoms with E-state index in [9.17, 15) is 4.79 Å². The molecular formula is C13H11N3O. The van der Waals surface area contributed by atoms with Crippen LogP contribution in [0.2, 0.25) is 0 Å². The lowest BCUT2D eigenvalue weighted by Gasteiger charge is -2.17. The largest absolute Gasteiger partial charge is 0.321 e. The Hall–Kier alpha value is -2.12. The first-order chi connectivity index (χ1) is 8.28. The molecule has 2 aromatic rings. The second-order valence-electron chi connectivity index (χ2n) is 4.26. The molecule has 17 heavy (non-hydrogen) atoms. The number of fused-ring (bicyclic) bond motifs is 2. The standard InChI is InChI=1S/C13H11N3O/c14-6-10-4-9-3-8-1-2-15-7-11(8)5-12(9)16-13(10)17/h3-5,15H,1-2,7H2,(H,16,17). The molecule has 0 saturated carbocycles. The third-order valence-corrected chi connectivity index (χ3v) is 3.17. The average molecular weight is 225 g/mol. The van der Waals surface area contributed by atoms with Crippen LogP contribution in [0.3, 0.4) is 0 Å². The molecule has 2 N–H and O–H groups in total. The van der Waals surface area contributed by atoms with Gasteiger partial charge in [0.15, 0.2) is 0 Å². The highest BCUT2D eigenvalue weighted by atomic mass is 16.1. The summed E-state index contributed by atoms with van der Waals surface area (Å²) in [4.78, 5) is 14.3. The molecule has 0 spiro atoms. The number of nitriles is 1. The normalized spacial score (nSPS) is 14.3. The summed E-state index contributed by atoms with van der Waals surface area (Å²) < 4.78 is 0. The van der Waals surface area contributed by atoms with Crippen molar-refractivity contribution in [1.29, 1.82) is 5.26 Å². The summed E-state index contributed by atoms with van der Waals surface area (Å²) in [7, 11) is 0. The number of aromatic nitrogens is 1. The highest BCUT2D eigenvalue weighted by molar-refractivity contribution is 5.81. The van der Waals surface area contributed by atoms with Gasteiger partial charge in [-0.3, -0.25) is 4.79 Å². The summed E-state index contributed by atoms with van der Waals surface area (Å²) in [5, 5.41) is 13.1. The van der Waals surface area contributed by atoms with E-state index in [1.165, 1.54) is 11.1 Å². The summed E-state index contributed by atoms with van der Waals surface area (Å²) in [6, 6.07) is 7.65. The first kappa shape index (κ1) is 10.1. The predicted octanol–water partition coefficient (Wildman–Crippen LogP) is 1.05. The minimum absolute atomic E-state index is 0.173. The molecule has 0 fully saturated rings. The second kappa shape index (κ2) is 3.72. The quantitative estimate of drug-likeness (QED) is 0.704. The summed E-state index contributed by atoms with van der Waals surface area (Å²) in [6.07, 6.45) is 0.992. The number of hydrogen-bond acceptors (Lipinski definition) is 3. The highest BCUT2D eigenvalue weighted by Gasteiger charge is 2.11. The molecule has 0 unspecified atom stereocenters. The van der Waals surface area contributed by atoms with Crippen molar-refractivity contribution in [3.8, 4) is 6.07 Å². The highest BCUT2D eigenvalue weighted by Crippen LogP contribution is 2.20. The molecule has 3 rings (SSSR count). The molecule has 84 valence electrons. The molecular weight excluding hydrogens is 214 g/mol. The molecule has 0 amide bonds. The van der Waals surface area contributed by atoms with E-state index in [0.29, 0.717) is 0 Å². The van der Waals surface area contributed by atoms with E-state index >= 15 is 0 Å². The van der Waals surface area contributed by atoms with Gasteiger partial charge in [-0.1, -0.05) is 0 Å². The third kappa shape index (κ3) is 1.61. The van der Waals surface area contributed by atoms with Crippen LogP contribution < -0.4 is 10.9 Å². The predicted molar refractivity (Wildman–Crippen MR) is 64.7 cm³/mol. The minimum Gasteiger partial charge on any atom is -0.321 e. The lowest BCUT2D eigenvalue weighted by molar-refractivity contribution is 0.645. The zero-order valence-electron chi connectivity index (χ0n) is 9.21. The Morgan fingerprint density at radius 3 is 2.94 bits per heavy atom. The van der Waals surface area contributed by atoms with Gasteiger partial charge in [0.1, 0.15) is 11.6 Å². The van der Waals surface area contributed by atoms with Gasteiger partial charge in [-0.2, -0.15) is 5.26 Å². The van der Waals surface area contributed by atoms with Crippen LogP contribution in [0.1, 0.15) is 16.7 Å². The zero-order chi connectivity index (χ0) is 11.8. The Morgan fingerprint density at radius 1 is 1.24 bits per heavy atom. The van der Waals surface area contributed by atoms with Crippen molar-refractivity contribution in [2.24, 2.45) is 0 Å². The molecule has 0 bridgehead atoms.